The highest BCUT2D eigenvalue weighted by molar-refractivity contribution is 5.93. The third-order valence-electron chi connectivity index (χ3n) is 3.82. The van der Waals surface area contributed by atoms with E-state index in [2.05, 4.69) is 15.2 Å². The van der Waals surface area contributed by atoms with E-state index in [-0.39, 0.29) is 0 Å². The summed E-state index contributed by atoms with van der Waals surface area (Å²) in [6.07, 6.45) is 5.58. The molecule has 1 saturated heterocycles. The average Bonchev–Trinajstić information content (AvgIpc) is 2.48. The zero-order chi connectivity index (χ0) is 14.0. The van der Waals surface area contributed by atoms with E-state index < -0.39 is 5.79 Å². The number of piperidine rings is 1. The number of nitrogens with two attached hydrogens (primary N) is 2. The number of rotatable bonds is 2. The van der Waals surface area contributed by atoms with Crippen LogP contribution in [0.25, 0.3) is 0 Å². The van der Waals surface area contributed by atoms with Gasteiger partial charge < -0.3 is 16.0 Å². The number of likely N-dealkylation sites (tertiary alicyclic amines) is 1. The Labute approximate surface area is 119 Å². The molecule has 20 heavy (non-hydrogen) atoms. The van der Waals surface area contributed by atoms with E-state index >= 15 is 0 Å². The summed E-state index contributed by atoms with van der Waals surface area (Å²) in [7, 11) is 0. The van der Waals surface area contributed by atoms with Gasteiger partial charge in [0.25, 0.3) is 0 Å². The fourth-order valence-electron chi connectivity index (χ4n) is 2.77. The molecule has 1 unspecified atom stereocenters. The SMILES string of the molecule is NC1=NC(N)(c2ccccc2)NC(N2CCCCC2)=C1. The minimum Gasteiger partial charge on any atom is -0.384 e. The topological polar surface area (TPSA) is 79.7 Å². The maximum atomic E-state index is 6.42. The smallest absolute Gasteiger partial charge is 0.212 e. The molecule has 2 aliphatic rings. The molecule has 1 fully saturated rings. The monoisotopic (exact) mass is 271 g/mol. The van der Waals surface area contributed by atoms with Gasteiger partial charge in [0, 0.05) is 24.7 Å². The minimum absolute atomic E-state index is 0.468. The summed E-state index contributed by atoms with van der Waals surface area (Å²) in [6.45, 7) is 2.08. The summed E-state index contributed by atoms with van der Waals surface area (Å²) in [5.41, 5.74) is 13.3. The number of amidine groups is 1. The molecule has 0 amide bonds. The fourth-order valence-corrected chi connectivity index (χ4v) is 2.77. The van der Waals surface area contributed by atoms with E-state index in [0.717, 1.165) is 24.5 Å². The van der Waals surface area contributed by atoms with Crippen molar-refractivity contribution in [3.8, 4) is 0 Å². The molecule has 1 atom stereocenters. The third-order valence-corrected chi connectivity index (χ3v) is 3.82. The van der Waals surface area contributed by atoms with E-state index in [9.17, 15) is 0 Å². The zero-order valence-electron chi connectivity index (χ0n) is 11.5. The van der Waals surface area contributed by atoms with Gasteiger partial charge in [-0.05, 0) is 19.3 Å². The quantitative estimate of drug-likeness (QED) is 0.751. The van der Waals surface area contributed by atoms with E-state index in [4.69, 9.17) is 11.5 Å². The largest absolute Gasteiger partial charge is 0.384 e. The third kappa shape index (κ3) is 2.49. The summed E-state index contributed by atoms with van der Waals surface area (Å²) in [4.78, 5) is 6.69. The van der Waals surface area contributed by atoms with Gasteiger partial charge in [-0.1, -0.05) is 30.3 Å². The van der Waals surface area contributed by atoms with Crippen LogP contribution in [0, 0.1) is 0 Å². The molecule has 2 aliphatic heterocycles. The molecule has 0 saturated carbocycles. The van der Waals surface area contributed by atoms with E-state index in [1.807, 2.05) is 36.4 Å². The van der Waals surface area contributed by atoms with E-state index in [1.54, 1.807) is 0 Å². The summed E-state index contributed by atoms with van der Waals surface area (Å²) < 4.78 is 0. The van der Waals surface area contributed by atoms with E-state index in [0.29, 0.717) is 5.84 Å². The molecule has 5 nitrogen and oxygen atoms in total. The average molecular weight is 271 g/mol. The van der Waals surface area contributed by atoms with Crippen molar-refractivity contribution in [1.82, 2.24) is 10.2 Å². The lowest BCUT2D eigenvalue weighted by molar-refractivity contribution is 0.235. The molecule has 5 N–H and O–H groups in total. The predicted octanol–water partition coefficient (Wildman–Crippen LogP) is 1.04. The fraction of sp³-hybridized carbons (Fsp3) is 0.400. The van der Waals surface area contributed by atoms with Crippen LogP contribution in [0.2, 0.25) is 0 Å². The van der Waals surface area contributed by atoms with Crippen molar-refractivity contribution in [2.45, 2.75) is 25.0 Å². The Kier molecular flexibility index (Phi) is 3.36. The molecule has 1 aromatic carbocycles. The number of hydrogen-bond donors (Lipinski definition) is 3. The number of hydrogen-bond acceptors (Lipinski definition) is 5. The summed E-state index contributed by atoms with van der Waals surface area (Å²) in [5, 5.41) is 3.34. The number of aliphatic imine (C=N–C) groups is 1. The molecule has 1 aromatic rings. The first-order valence-corrected chi connectivity index (χ1v) is 7.12. The Morgan fingerprint density at radius 1 is 1.10 bits per heavy atom. The maximum Gasteiger partial charge on any atom is 0.212 e. The van der Waals surface area contributed by atoms with Crippen molar-refractivity contribution in [3.63, 3.8) is 0 Å². The number of nitrogens with one attached hydrogen (secondary N) is 1. The molecule has 3 rings (SSSR count). The molecule has 0 spiro atoms. The van der Waals surface area contributed by atoms with Crippen LogP contribution >= 0.6 is 0 Å². The Balaban J connectivity index is 1.88. The highest BCUT2D eigenvalue weighted by Crippen LogP contribution is 2.24. The Morgan fingerprint density at radius 3 is 2.50 bits per heavy atom. The van der Waals surface area contributed by atoms with Crippen LogP contribution in [0.5, 0.6) is 0 Å². The lowest BCUT2D eigenvalue weighted by Gasteiger charge is -2.39. The van der Waals surface area contributed by atoms with Crippen LogP contribution in [0.4, 0.5) is 0 Å². The van der Waals surface area contributed by atoms with Crippen molar-refractivity contribution < 1.29 is 0 Å². The predicted molar refractivity (Wildman–Crippen MR) is 80.6 cm³/mol. The molecule has 0 radical (unpaired) electrons. The van der Waals surface area contributed by atoms with Gasteiger partial charge in [-0.2, -0.15) is 0 Å². The van der Waals surface area contributed by atoms with Gasteiger partial charge in [0.05, 0.1) is 0 Å². The minimum atomic E-state index is -0.979. The second-order valence-corrected chi connectivity index (χ2v) is 5.37. The van der Waals surface area contributed by atoms with Gasteiger partial charge >= 0.3 is 0 Å². The van der Waals surface area contributed by atoms with Crippen LogP contribution in [-0.2, 0) is 5.79 Å². The molecule has 0 aromatic heterocycles. The Morgan fingerprint density at radius 2 is 1.80 bits per heavy atom. The molecule has 2 heterocycles. The number of benzene rings is 1. The van der Waals surface area contributed by atoms with Gasteiger partial charge in [-0.15, -0.1) is 0 Å². The first kappa shape index (κ1) is 13.0. The van der Waals surface area contributed by atoms with Crippen LogP contribution in [-0.4, -0.2) is 23.8 Å². The van der Waals surface area contributed by atoms with Crippen LogP contribution < -0.4 is 16.8 Å². The Bertz CT molecular complexity index is 530. The second kappa shape index (κ2) is 5.17. The van der Waals surface area contributed by atoms with Gasteiger partial charge in [-0.25, -0.2) is 4.99 Å². The van der Waals surface area contributed by atoms with E-state index in [1.165, 1.54) is 19.3 Å². The van der Waals surface area contributed by atoms with Crippen molar-refractivity contribution in [1.29, 1.82) is 0 Å². The zero-order valence-corrected chi connectivity index (χ0v) is 11.5. The van der Waals surface area contributed by atoms with Gasteiger partial charge in [0.2, 0.25) is 5.79 Å². The van der Waals surface area contributed by atoms with Crippen LogP contribution in [0.3, 0.4) is 0 Å². The van der Waals surface area contributed by atoms with Crippen LogP contribution in [0.15, 0.2) is 47.2 Å². The first-order valence-electron chi connectivity index (χ1n) is 7.12. The van der Waals surface area contributed by atoms with Gasteiger partial charge in [0.15, 0.2) is 0 Å². The molecule has 0 aliphatic carbocycles. The standard InChI is InChI=1S/C15H21N5/c16-13-11-14(20-9-5-2-6-10-20)19-15(17,18-13)12-7-3-1-4-8-12/h1,3-4,7-8,11,19H,2,5-6,9-10,17H2,(H2,16,18). The Hall–Kier alpha value is -2.01. The van der Waals surface area contributed by atoms with Crippen molar-refractivity contribution in [2.75, 3.05) is 13.1 Å². The maximum absolute atomic E-state index is 6.42. The lowest BCUT2D eigenvalue weighted by atomic mass is 10.1. The first-order chi connectivity index (χ1) is 9.67. The molecule has 5 heteroatoms. The highest BCUT2D eigenvalue weighted by atomic mass is 15.4. The normalized spacial score (nSPS) is 26.6. The lowest BCUT2D eigenvalue weighted by Crippen LogP contribution is -2.55. The molecular formula is C15H21N5. The molecule has 106 valence electrons. The van der Waals surface area contributed by atoms with Crippen LogP contribution in [0.1, 0.15) is 24.8 Å². The summed E-state index contributed by atoms with van der Waals surface area (Å²) >= 11 is 0. The molecule has 0 bridgehead atoms. The summed E-state index contributed by atoms with van der Waals surface area (Å²) in [6, 6.07) is 9.79. The number of nitrogens with zero attached hydrogens (tertiary/aromatic N) is 2. The van der Waals surface area contributed by atoms with Crippen molar-refractivity contribution >= 4 is 5.84 Å². The van der Waals surface area contributed by atoms with Gasteiger partial charge in [-0.3, -0.25) is 5.73 Å². The van der Waals surface area contributed by atoms with Gasteiger partial charge in [0.1, 0.15) is 11.7 Å². The van der Waals surface area contributed by atoms with Crippen molar-refractivity contribution in [2.24, 2.45) is 16.5 Å². The second-order valence-electron chi connectivity index (χ2n) is 5.37. The molecular weight excluding hydrogens is 250 g/mol. The summed E-state index contributed by atoms with van der Waals surface area (Å²) in [5.74, 6) is 0.464. The van der Waals surface area contributed by atoms with Crippen molar-refractivity contribution in [3.05, 3.63) is 47.8 Å². The highest BCUT2D eigenvalue weighted by Gasteiger charge is 2.32.